The first-order valence-corrected chi connectivity index (χ1v) is 10.6. The number of hydrogen-bond acceptors (Lipinski definition) is 5. The summed E-state index contributed by atoms with van der Waals surface area (Å²) >= 11 is 0. The van der Waals surface area contributed by atoms with Gasteiger partial charge in [-0.25, -0.2) is 23.1 Å². The molecule has 0 fully saturated rings. The zero-order valence-corrected chi connectivity index (χ0v) is 16.7. The van der Waals surface area contributed by atoms with Gasteiger partial charge in [0, 0.05) is 23.5 Å². The summed E-state index contributed by atoms with van der Waals surface area (Å²) in [5.41, 5.74) is 1.23. The molecular weight excluding hydrogens is 364 g/mol. The van der Waals surface area contributed by atoms with Crippen LogP contribution in [0.25, 0.3) is 0 Å². The third-order valence-corrected chi connectivity index (χ3v) is 5.57. The number of carbonyl (C=O) groups excluding carboxylic acids is 1. The number of amides is 1. The number of nitrogens with one attached hydrogen (secondary N) is 2. The van der Waals surface area contributed by atoms with Crippen LogP contribution in [0, 0.1) is 12.8 Å². The maximum atomic E-state index is 12.4. The summed E-state index contributed by atoms with van der Waals surface area (Å²) in [5.74, 6) is -0.0459. The van der Waals surface area contributed by atoms with E-state index >= 15 is 0 Å². The number of benzene rings is 1. The van der Waals surface area contributed by atoms with Gasteiger partial charge in [0.2, 0.25) is 11.9 Å². The molecule has 0 aliphatic rings. The van der Waals surface area contributed by atoms with Crippen LogP contribution in [0.3, 0.4) is 0 Å². The minimum absolute atomic E-state index is 0.0223. The molecule has 1 aromatic carbocycles. The lowest BCUT2D eigenvalue weighted by Gasteiger charge is -2.15. The van der Waals surface area contributed by atoms with E-state index in [-0.39, 0.29) is 22.7 Å². The molecule has 1 heterocycles. The smallest absolute Gasteiger partial charge is 0.264 e. The van der Waals surface area contributed by atoms with Crippen LogP contribution in [-0.4, -0.2) is 24.3 Å². The quantitative estimate of drug-likeness (QED) is 0.679. The van der Waals surface area contributed by atoms with Crippen molar-refractivity contribution < 1.29 is 13.2 Å². The molecule has 2 aromatic rings. The van der Waals surface area contributed by atoms with Gasteiger partial charge >= 0.3 is 0 Å². The van der Waals surface area contributed by atoms with Gasteiger partial charge in [-0.05, 0) is 50.1 Å². The minimum Gasteiger partial charge on any atom is -0.326 e. The molecule has 0 spiro atoms. The Balaban J connectivity index is 2.06. The monoisotopic (exact) mass is 390 g/mol. The van der Waals surface area contributed by atoms with Crippen molar-refractivity contribution in [2.24, 2.45) is 5.92 Å². The van der Waals surface area contributed by atoms with Crippen molar-refractivity contribution in [2.45, 2.75) is 51.3 Å². The molecule has 0 aliphatic carbocycles. The lowest BCUT2D eigenvalue weighted by Crippen LogP contribution is -2.22. The Hall–Kier alpha value is -2.48. The van der Waals surface area contributed by atoms with Crippen LogP contribution in [0.5, 0.6) is 0 Å². The number of anilines is 2. The molecule has 0 radical (unpaired) electrons. The fraction of sp³-hybridized carbons (Fsp3) is 0.421. The fourth-order valence-corrected chi connectivity index (χ4v) is 3.56. The third-order valence-electron chi connectivity index (χ3n) is 4.22. The number of nitrogens with zero attached hydrogens (tertiary/aromatic N) is 2. The number of hydrogen-bond donors (Lipinski definition) is 2. The largest absolute Gasteiger partial charge is 0.326 e. The minimum atomic E-state index is -3.80. The zero-order valence-electron chi connectivity index (χ0n) is 15.9. The topological polar surface area (TPSA) is 101 Å². The number of sulfonamides is 1. The molecule has 27 heavy (non-hydrogen) atoms. The van der Waals surface area contributed by atoms with Gasteiger partial charge in [0.15, 0.2) is 0 Å². The summed E-state index contributed by atoms with van der Waals surface area (Å²) < 4.78 is 27.2. The lowest BCUT2D eigenvalue weighted by atomic mass is 9.98. The van der Waals surface area contributed by atoms with Crippen LogP contribution in [0.2, 0.25) is 0 Å². The van der Waals surface area contributed by atoms with Crippen LogP contribution in [0.4, 0.5) is 11.6 Å². The van der Waals surface area contributed by atoms with Gasteiger partial charge in [0.25, 0.3) is 10.0 Å². The van der Waals surface area contributed by atoms with Crippen molar-refractivity contribution in [3.63, 3.8) is 0 Å². The van der Waals surface area contributed by atoms with E-state index in [4.69, 9.17) is 0 Å². The fourth-order valence-electron chi connectivity index (χ4n) is 2.61. The number of aryl methyl sites for hydroxylation is 1. The van der Waals surface area contributed by atoms with E-state index < -0.39 is 10.0 Å². The second kappa shape index (κ2) is 9.45. The number of carbonyl (C=O) groups is 1. The number of unbranched alkanes of at least 4 members (excludes halogenated alkanes) is 1. The molecule has 8 heteroatoms. The predicted molar refractivity (Wildman–Crippen MR) is 106 cm³/mol. The predicted octanol–water partition coefficient (Wildman–Crippen LogP) is 3.74. The van der Waals surface area contributed by atoms with E-state index in [1.807, 2.05) is 6.92 Å². The van der Waals surface area contributed by atoms with Crippen molar-refractivity contribution in [2.75, 3.05) is 10.0 Å². The first kappa shape index (κ1) is 20.8. The summed E-state index contributed by atoms with van der Waals surface area (Å²) in [6, 6.07) is 7.73. The van der Waals surface area contributed by atoms with E-state index in [9.17, 15) is 13.2 Å². The molecule has 0 saturated heterocycles. The standard InChI is InChI=1S/C19H26N4O3S/c1-4-6-7-15(5-2)18(24)22-16-8-10-17(11-9-16)27(25,26)23-19-20-13-12-14(3)21-19/h8-13,15H,4-7H2,1-3H3,(H,22,24)(H,20,21,23)/t15-/m1/s1. The normalized spacial score (nSPS) is 12.4. The molecule has 1 amide bonds. The molecule has 2 N–H and O–H groups in total. The van der Waals surface area contributed by atoms with Gasteiger partial charge in [0.1, 0.15) is 0 Å². The first-order chi connectivity index (χ1) is 12.9. The second-order valence-electron chi connectivity index (χ2n) is 6.39. The summed E-state index contributed by atoms with van der Waals surface area (Å²) in [6.07, 6.45) is 5.18. The Kier molecular flexibility index (Phi) is 7.29. The van der Waals surface area contributed by atoms with Gasteiger partial charge in [0.05, 0.1) is 4.90 Å². The van der Waals surface area contributed by atoms with Gasteiger partial charge in [-0.1, -0.05) is 26.7 Å². The average Bonchev–Trinajstić information content (AvgIpc) is 2.62. The van der Waals surface area contributed by atoms with Crippen LogP contribution in [0.15, 0.2) is 41.4 Å². The average molecular weight is 391 g/mol. The Labute approximate surface area is 160 Å². The Bertz CT molecular complexity index is 867. The highest BCUT2D eigenvalue weighted by Gasteiger charge is 2.18. The molecule has 0 unspecified atom stereocenters. The number of rotatable bonds is 9. The zero-order chi connectivity index (χ0) is 19.9. The van der Waals surface area contributed by atoms with Gasteiger partial charge < -0.3 is 5.32 Å². The Morgan fingerprint density at radius 1 is 1.15 bits per heavy atom. The second-order valence-corrected chi connectivity index (χ2v) is 8.07. The number of aromatic nitrogens is 2. The van der Waals surface area contributed by atoms with E-state index in [0.29, 0.717) is 11.4 Å². The summed E-state index contributed by atoms with van der Waals surface area (Å²) in [5, 5.41) is 2.86. The molecule has 0 bridgehead atoms. The van der Waals surface area contributed by atoms with Crippen molar-refractivity contribution in [1.29, 1.82) is 0 Å². The van der Waals surface area contributed by atoms with Gasteiger partial charge in [-0.15, -0.1) is 0 Å². The Morgan fingerprint density at radius 2 is 1.85 bits per heavy atom. The van der Waals surface area contributed by atoms with Crippen LogP contribution in [0.1, 0.15) is 45.2 Å². The van der Waals surface area contributed by atoms with Crippen LogP contribution in [-0.2, 0) is 14.8 Å². The highest BCUT2D eigenvalue weighted by molar-refractivity contribution is 7.92. The molecule has 7 nitrogen and oxygen atoms in total. The summed E-state index contributed by atoms with van der Waals surface area (Å²) in [7, 11) is -3.80. The molecule has 0 saturated carbocycles. The highest BCUT2D eigenvalue weighted by atomic mass is 32.2. The lowest BCUT2D eigenvalue weighted by molar-refractivity contribution is -0.120. The first-order valence-electron chi connectivity index (χ1n) is 9.09. The van der Waals surface area contributed by atoms with E-state index in [1.54, 1.807) is 25.1 Å². The van der Waals surface area contributed by atoms with Crippen molar-refractivity contribution >= 4 is 27.6 Å². The maximum absolute atomic E-state index is 12.4. The van der Waals surface area contributed by atoms with Gasteiger partial charge in [-0.2, -0.15) is 0 Å². The van der Waals surface area contributed by atoms with Crippen LogP contribution < -0.4 is 10.0 Å². The summed E-state index contributed by atoms with van der Waals surface area (Å²) in [6.45, 7) is 5.84. The van der Waals surface area contributed by atoms with Gasteiger partial charge in [-0.3, -0.25) is 4.79 Å². The maximum Gasteiger partial charge on any atom is 0.264 e. The molecule has 1 atom stereocenters. The Morgan fingerprint density at radius 3 is 2.44 bits per heavy atom. The van der Waals surface area contributed by atoms with E-state index in [2.05, 4.69) is 26.9 Å². The van der Waals surface area contributed by atoms with Crippen molar-refractivity contribution in [3.05, 3.63) is 42.2 Å². The summed E-state index contributed by atoms with van der Waals surface area (Å²) in [4.78, 5) is 20.4. The third kappa shape index (κ3) is 6.02. The molecule has 2 rings (SSSR count). The molecular formula is C19H26N4O3S. The van der Waals surface area contributed by atoms with Crippen LogP contribution >= 0.6 is 0 Å². The highest BCUT2D eigenvalue weighted by Crippen LogP contribution is 2.19. The van der Waals surface area contributed by atoms with Crippen molar-refractivity contribution in [1.82, 2.24) is 9.97 Å². The van der Waals surface area contributed by atoms with Crippen molar-refractivity contribution in [3.8, 4) is 0 Å². The van der Waals surface area contributed by atoms with E-state index in [1.165, 1.54) is 18.3 Å². The van der Waals surface area contributed by atoms with E-state index in [0.717, 1.165) is 25.7 Å². The molecule has 0 aliphatic heterocycles. The SMILES string of the molecule is CCCC[C@@H](CC)C(=O)Nc1ccc(S(=O)(=O)Nc2nccc(C)n2)cc1. The molecule has 146 valence electrons. The molecule has 1 aromatic heterocycles.